The molecule has 5 rings (SSSR count). The average molecular weight is 521 g/mol. The first-order chi connectivity index (χ1) is 17.3. The van der Waals surface area contributed by atoms with Crippen molar-refractivity contribution < 1.29 is 28.2 Å². The van der Waals surface area contributed by atoms with Crippen molar-refractivity contribution in [1.82, 2.24) is 14.9 Å². The van der Waals surface area contributed by atoms with Crippen LogP contribution in [-0.4, -0.2) is 57.0 Å². The van der Waals surface area contributed by atoms with E-state index in [9.17, 15) is 23.5 Å². The quantitative estimate of drug-likeness (QED) is 0.592. The summed E-state index contributed by atoms with van der Waals surface area (Å²) in [5.41, 5.74) is 0.184. The number of benzene rings is 1. The van der Waals surface area contributed by atoms with Gasteiger partial charge >= 0.3 is 6.03 Å². The SMILES string of the molecule is O=C(CC1CCC(N2CCN(c3cnc(C(F)F)cn3)C2=O)CC1)[C@H]1C[C@@H](O)c2cc(Cl)ccc2O1. The molecular weight excluding hydrogens is 494 g/mol. The summed E-state index contributed by atoms with van der Waals surface area (Å²) in [5.74, 6) is 0.936. The molecular formula is C25H27ClF2N4O4. The molecule has 2 aromatic rings. The molecule has 1 N–H and O–H groups in total. The Labute approximate surface area is 212 Å². The number of urea groups is 1. The van der Waals surface area contributed by atoms with Gasteiger partial charge in [0.25, 0.3) is 6.43 Å². The molecule has 1 aliphatic carbocycles. The molecule has 1 saturated carbocycles. The second-order valence-corrected chi connectivity index (χ2v) is 10.0. The molecule has 11 heteroatoms. The van der Waals surface area contributed by atoms with Crippen LogP contribution >= 0.6 is 11.6 Å². The van der Waals surface area contributed by atoms with Crippen molar-refractivity contribution in [3.63, 3.8) is 0 Å². The molecule has 1 saturated heterocycles. The normalized spacial score (nSPS) is 26.2. The maximum absolute atomic E-state index is 13.0. The lowest BCUT2D eigenvalue weighted by atomic mass is 9.81. The van der Waals surface area contributed by atoms with E-state index in [2.05, 4.69) is 9.97 Å². The number of hydrogen-bond acceptors (Lipinski definition) is 6. The van der Waals surface area contributed by atoms with Gasteiger partial charge in [-0.15, -0.1) is 0 Å². The smallest absolute Gasteiger partial charge is 0.326 e. The number of carbonyl (C=O) groups is 2. The van der Waals surface area contributed by atoms with Crippen LogP contribution in [0, 0.1) is 5.92 Å². The van der Waals surface area contributed by atoms with E-state index in [0.717, 1.165) is 31.9 Å². The minimum atomic E-state index is -2.70. The third kappa shape index (κ3) is 5.01. The molecule has 0 spiro atoms. The van der Waals surface area contributed by atoms with Crippen LogP contribution in [0.15, 0.2) is 30.6 Å². The number of aromatic nitrogens is 2. The highest BCUT2D eigenvalue weighted by Gasteiger charge is 2.38. The zero-order valence-electron chi connectivity index (χ0n) is 19.5. The van der Waals surface area contributed by atoms with Crippen molar-refractivity contribution in [2.75, 3.05) is 18.0 Å². The molecule has 36 heavy (non-hydrogen) atoms. The minimum Gasteiger partial charge on any atom is -0.482 e. The van der Waals surface area contributed by atoms with Crippen molar-refractivity contribution in [3.8, 4) is 5.75 Å². The van der Waals surface area contributed by atoms with Gasteiger partial charge in [-0.1, -0.05) is 11.6 Å². The van der Waals surface area contributed by atoms with E-state index in [-0.39, 0.29) is 36.0 Å². The van der Waals surface area contributed by atoms with Gasteiger partial charge in [0.05, 0.1) is 18.5 Å². The minimum absolute atomic E-state index is 0.0210. The van der Waals surface area contributed by atoms with Crippen LogP contribution in [0.5, 0.6) is 5.75 Å². The van der Waals surface area contributed by atoms with Gasteiger partial charge in [0.1, 0.15) is 11.4 Å². The molecule has 2 fully saturated rings. The number of nitrogens with zero attached hydrogens (tertiary/aromatic N) is 4. The summed E-state index contributed by atoms with van der Waals surface area (Å²) < 4.78 is 31.3. The molecule has 1 aromatic carbocycles. The molecule has 2 aliphatic heterocycles. The molecule has 0 unspecified atom stereocenters. The van der Waals surface area contributed by atoms with E-state index in [4.69, 9.17) is 16.3 Å². The van der Waals surface area contributed by atoms with E-state index >= 15 is 0 Å². The molecule has 0 radical (unpaired) electrons. The molecule has 3 aliphatic rings. The first-order valence-corrected chi connectivity index (χ1v) is 12.5. The summed E-state index contributed by atoms with van der Waals surface area (Å²) in [6.45, 7) is 0.955. The lowest BCUT2D eigenvalue weighted by Crippen LogP contribution is -2.42. The van der Waals surface area contributed by atoms with E-state index in [1.807, 2.05) is 4.90 Å². The number of anilines is 1. The fraction of sp³-hybridized carbons (Fsp3) is 0.520. The lowest BCUT2D eigenvalue weighted by Gasteiger charge is -2.35. The summed E-state index contributed by atoms with van der Waals surface area (Å²) in [5, 5.41) is 11.0. The van der Waals surface area contributed by atoms with E-state index in [1.165, 1.54) is 11.1 Å². The van der Waals surface area contributed by atoms with Crippen molar-refractivity contribution in [1.29, 1.82) is 0 Å². The zero-order valence-corrected chi connectivity index (χ0v) is 20.3. The number of alkyl halides is 2. The number of hydrogen-bond donors (Lipinski definition) is 1. The van der Waals surface area contributed by atoms with Crippen molar-refractivity contribution in [2.24, 2.45) is 5.92 Å². The number of rotatable bonds is 6. The van der Waals surface area contributed by atoms with Gasteiger partial charge < -0.3 is 14.7 Å². The maximum Gasteiger partial charge on any atom is 0.326 e. The van der Waals surface area contributed by atoms with Crippen LogP contribution in [0.4, 0.5) is 19.4 Å². The molecule has 0 bridgehead atoms. The lowest BCUT2D eigenvalue weighted by molar-refractivity contribution is -0.129. The van der Waals surface area contributed by atoms with Gasteiger partial charge in [0, 0.05) is 42.6 Å². The van der Waals surface area contributed by atoms with Gasteiger partial charge in [0.2, 0.25) is 0 Å². The van der Waals surface area contributed by atoms with Crippen molar-refractivity contribution in [3.05, 3.63) is 46.9 Å². The number of Topliss-reactive ketones (excluding diaryl/α,β-unsaturated/α-hetero) is 1. The predicted molar refractivity (Wildman–Crippen MR) is 127 cm³/mol. The zero-order chi connectivity index (χ0) is 25.4. The Hall–Kier alpha value is -2.85. The summed E-state index contributed by atoms with van der Waals surface area (Å²) in [7, 11) is 0. The number of amides is 2. The number of ether oxygens (including phenoxy) is 1. The van der Waals surface area contributed by atoms with Gasteiger partial charge in [-0.05, 0) is 49.8 Å². The fourth-order valence-corrected chi connectivity index (χ4v) is 5.56. The number of fused-ring (bicyclic) bond motifs is 1. The largest absolute Gasteiger partial charge is 0.482 e. The summed E-state index contributed by atoms with van der Waals surface area (Å²) in [6, 6.07) is 4.88. The van der Waals surface area contributed by atoms with Gasteiger partial charge in [-0.25, -0.2) is 23.5 Å². The highest BCUT2D eigenvalue weighted by Crippen LogP contribution is 2.38. The van der Waals surface area contributed by atoms with Crippen molar-refractivity contribution in [2.45, 2.75) is 63.2 Å². The van der Waals surface area contributed by atoms with Crippen LogP contribution in [0.2, 0.25) is 5.02 Å². The summed E-state index contributed by atoms with van der Waals surface area (Å²) in [6.07, 6.45) is 1.80. The predicted octanol–water partition coefficient (Wildman–Crippen LogP) is 4.71. The Balaban J connectivity index is 1.13. The molecule has 2 atom stereocenters. The first kappa shape index (κ1) is 24.8. The standard InChI is InChI=1S/C25H27ClF2N4O4/c26-15-3-6-21-17(10-15)19(33)11-22(36-21)20(34)9-14-1-4-16(5-2-14)31-7-8-32(25(31)35)23-13-29-18(12-30-23)24(27)28/h3,6,10,12-14,16,19,22,24,33H,1-2,4-5,7-9,11H2/t14?,16?,19-,22-/m1/s1. The molecule has 8 nitrogen and oxygen atoms in total. The monoisotopic (exact) mass is 520 g/mol. The average Bonchev–Trinajstić information content (AvgIpc) is 3.26. The Morgan fingerprint density at radius 3 is 2.64 bits per heavy atom. The van der Waals surface area contributed by atoms with E-state index < -0.39 is 24.3 Å². The van der Waals surface area contributed by atoms with E-state index in [0.29, 0.717) is 35.8 Å². The maximum atomic E-state index is 13.0. The van der Waals surface area contributed by atoms with Crippen LogP contribution in [0.3, 0.4) is 0 Å². The number of carbonyl (C=O) groups excluding carboxylic acids is 2. The molecule has 1 aromatic heterocycles. The van der Waals surface area contributed by atoms with Crippen LogP contribution in [0.1, 0.15) is 62.3 Å². The van der Waals surface area contributed by atoms with Crippen LogP contribution in [0.25, 0.3) is 0 Å². The number of halogens is 3. The Morgan fingerprint density at radius 1 is 1.17 bits per heavy atom. The number of ketones is 1. The second kappa shape index (κ2) is 10.3. The van der Waals surface area contributed by atoms with Crippen molar-refractivity contribution >= 4 is 29.2 Å². The van der Waals surface area contributed by atoms with Gasteiger partial charge in [-0.2, -0.15) is 0 Å². The molecule has 192 valence electrons. The fourth-order valence-electron chi connectivity index (χ4n) is 5.38. The highest BCUT2D eigenvalue weighted by atomic mass is 35.5. The first-order valence-electron chi connectivity index (χ1n) is 12.1. The van der Waals surface area contributed by atoms with Gasteiger partial charge in [0.15, 0.2) is 17.7 Å². The number of aliphatic hydroxyl groups is 1. The van der Waals surface area contributed by atoms with Crippen LogP contribution in [-0.2, 0) is 4.79 Å². The molecule has 2 amide bonds. The van der Waals surface area contributed by atoms with Crippen LogP contribution < -0.4 is 9.64 Å². The third-order valence-electron chi connectivity index (χ3n) is 7.34. The summed E-state index contributed by atoms with van der Waals surface area (Å²) >= 11 is 6.00. The molecule has 3 heterocycles. The Morgan fingerprint density at radius 2 is 1.94 bits per heavy atom. The topological polar surface area (TPSA) is 95.9 Å². The third-order valence-corrected chi connectivity index (χ3v) is 7.58. The summed E-state index contributed by atoms with van der Waals surface area (Å²) in [4.78, 5) is 36.9. The van der Waals surface area contributed by atoms with E-state index in [1.54, 1.807) is 18.2 Å². The van der Waals surface area contributed by atoms with Gasteiger partial charge in [-0.3, -0.25) is 9.69 Å². The Bertz CT molecular complexity index is 1130. The highest BCUT2D eigenvalue weighted by molar-refractivity contribution is 6.30. The second-order valence-electron chi connectivity index (χ2n) is 9.61. The number of aliphatic hydroxyl groups excluding tert-OH is 1. The Kier molecular flexibility index (Phi) is 7.07.